The third-order valence-electron chi connectivity index (χ3n) is 2.16. The van der Waals surface area contributed by atoms with Gasteiger partial charge in [0.25, 0.3) is 0 Å². The van der Waals surface area contributed by atoms with Crippen molar-refractivity contribution in [1.82, 2.24) is 0 Å². The standard InChI is InChI=1S/C10H18O3/c1-4-10(3,13)7-5-6-8(2)9(11)12/h4,8,13H,1,5-7H2,2-3H3,(H,11,12)/p-1. The lowest BCUT2D eigenvalue weighted by Crippen LogP contribution is -2.30. The molecule has 0 bridgehead atoms. The average Bonchev–Trinajstić information content (AvgIpc) is 2.04. The highest BCUT2D eigenvalue weighted by Crippen LogP contribution is 2.16. The van der Waals surface area contributed by atoms with E-state index in [0.717, 1.165) is 0 Å². The summed E-state index contributed by atoms with van der Waals surface area (Å²) < 4.78 is 0. The normalized spacial score (nSPS) is 17.5. The SMILES string of the molecule is C=CC(C)(O)CCCC(C)C(=O)[O-]. The van der Waals surface area contributed by atoms with E-state index in [0.29, 0.717) is 19.3 Å². The van der Waals surface area contributed by atoms with Crippen molar-refractivity contribution in [3.05, 3.63) is 12.7 Å². The van der Waals surface area contributed by atoms with Crippen molar-refractivity contribution in [2.24, 2.45) is 5.92 Å². The van der Waals surface area contributed by atoms with Crippen LogP contribution in [0, 0.1) is 5.92 Å². The van der Waals surface area contributed by atoms with Crippen LogP contribution in [0.4, 0.5) is 0 Å². The summed E-state index contributed by atoms with van der Waals surface area (Å²) in [5.41, 5.74) is -0.883. The quantitative estimate of drug-likeness (QED) is 0.612. The lowest BCUT2D eigenvalue weighted by molar-refractivity contribution is -0.311. The van der Waals surface area contributed by atoms with E-state index in [9.17, 15) is 15.0 Å². The highest BCUT2D eigenvalue weighted by molar-refractivity contribution is 5.66. The van der Waals surface area contributed by atoms with E-state index in [2.05, 4.69) is 6.58 Å². The van der Waals surface area contributed by atoms with E-state index in [4.69, 9.17) is 0 Å². The fourth-order valence-corrected chi connectivity index (χ4v) is 0.986. The number of carbonyl (C=O) groups excluding carboxylic acids is 1. The van der Waals surface area contributed by atoms with Crippen molar-refractivity contribution in [3.63, 3.8) is 0 Å². The van der Waals surface area contributed by atoms with Gasteiger partial charge in [-0.15, -0.1) is 6.58 Å². The van der Waals surface area contributed by atoms with Crippen molar-refractivity contribution in [2.75, 3.05) is 0 Å². The summed E-state index contributed by atoms with van der Waals surface area (Å²) in [5.74, 6) is -1.47. The number of hydrogen-bond acceptors (Lipinski definition) is 3. The van der Waals surface area contributed by atoms with Gasteiger partial charge in [0.05, 0.1) is 5.60 Å². The molecule has 0 aromatic rings. The number of hydrogen-bond donors (Lipinski definition) is 1. The van der Waals surface area contributed by atoms with E-state index in [1.54, 1.807) is 13.8 Å². The number of aliphatic hydroxyl groups is 1. The second-order valence-corrected chi connectivity index (χ2v) is 3.67. The summed E-state index contributed by atoms with van der Waals surface area (Å²) in [7, 11) is 0. The van der Waals surface area contributed by atoms with Gasteiger partial charge in [-0.2, -0.15) is 0 Å². The van der Waals surface area contributed by atoms with Gasteiger partial charge in [0, 0.05) is 5.97 Å². The van der Waals surface area contributed by atoms with Gasteiger partial charge in [-0.1, -0.05) is 13.0 Å². The molecule has 0 aliphatic carbocycles. The fraction of sp³-hybridized carbons (Fsp3) is 0.700. The molecule has 3 heteroatoms. The molecule has 3 nitrogen and oxygen atoms in total. The molecule has 0 heterocycles. The highest BCUT2D eigenvalue weighted by atomic mass is 16.4. The van der Waals surface area contributed by atoms with Gasteiger partial charge in [-0.25, -0.2) is 0 Å². The van der Waals surface area contributed by atoms with Crippen molar-refractivity contribution >= 4 is 5.97 Å². The van der Waals surface area contributed by atoms with E-state index < -0.39 is 17.5 Å². The van der Waals surface area contributed by atoms with Crippen molar-refractivity contribution < 1.29 is 15.0 Å². The Bertz CT molecular complexity index is 185. The zero-order valence-electron chi connectivity index (χ0n) is 8.25. The van der Waals surface area contributed by atoms with Crippen LogP contribution in [0.15, 0.2) is 12.7 Å². The Balaban J connectivity index is 3.68. The Kier molecular flexibility index (Phi) is 4.70. The maximum absolute atomic E-state index is 10.3. The smallest absolute Gasteiger partial charge is 0.0797 e. The van der Waals surface area contributed by atoms with Crippen molar-refractivity contribution in [2.45, 2.75) is 38.7 Å². The first kappa shape index (κ1) is 12.2. The Morgan fingerprint density at radius 1 is 1.77 bits per heavy atom. The van der Waals surface area contributed by atoms with Gasteiger partial charge in [0.15, 0.2) is 0 Å². The predicted octanol–water partition coefficient (Wildman–Crippen LogP) is 0.480. The van der Waals surface area contributed by atoms with Gasteiger partial charge in [0.1, 0.15) is 0 Å². The molecule has 0 aliphatic heterocycles. The van der Waals surface area contributed by atoms with Gasteiger partial charge in [0.2, 0.25) is 0 Å². The van der Waals surface area contributed by atoms with Crippen LogP contribution >= 0.6 is 0 Å². The zero-order chi connectivity index (χ0) is 10.5. The minimum absolute atomic E-state index is 0.444. The van der Waals surface area contributed by atoms with Crippen molar-refractivity contribution in [3.8, 4) is 0 Å². The van der Waals surface area contributed by atoms with Gasteiger partial charge in [-0.05, 0) is 32.1 Å². The van der Waals surface area contributed by atoms with Crippen LogP contribution in [-0.4, -0.2) is 16.7 Å². The molecule has 0 aromatic carbocycles. The number of carbonyl (C=O) groups is 1. The lowest BCUT2D eigenvalue weighted by atomic mass is 9.95. The molecule has 1 N–H and O–H groups in total. The molecule has 0 rings (SSSR count). The van der Waals surface area contributed by atoms with Crippen molar-refractivity contribution in [1.29, 1.82) is 0 Å². The molecular weight excluding hydrogens is 168 g/mol. The highest BCUT2D eigenvalue weighted by Gasteiger charge is 2.15. The van der Waals surface area contributed by atoms with E-state index in [1.165, 1.54) is 6.08 Å². The molecule has 0 radical (unpaired) electrons. The molecule has 0 fully saturated rings. The molecule has 0 aromatic heterocycles. The van der Waals surface area contributed by atoms with Gasteiger partial charge in [-0.3, -0.25) is 0 Å². The summed E-state index contributed by atoms with van der Waals surface area (Å²) in [6.45, 7) is 6.75. The molecule has 0 spiro atoms. The molecule has 13 heavy (non-hydrogen) atoms. The van der Waals surface area contributed by atoms with Crippen LogP contribution in [0.3, 0.4) is 0 Å². The molecule has 0 saturated carbocycles. The summed E-state index contributed by atoms with van der Waals surface area (Å²) in [6.07, 6.45) is 3.20. The lowest BCUT2D eigenvalue weighted by Gasteiger charge is -2.19. The maximum Gasteiger partial charge on any atom is 0.0797 e. The molecule has 2 unspecified atom stereocenters. The Labute approximate surface area is 79.1 Å². The second kappa shape index (κ2) is 5.02. The summed E-state index contributed by atoms with van der Waals surface area (Å²) in [5, 5.41) is 19.8. The first-order chi connectivity index (χ1) is 5.89. The number of aliphatic carboxylic acids is 1. The summed E-state index contributed by atoms with van der Waals surface area (Å²) in [6, 6.07) is 0. The van der Waals surface area contributed by atoms with E-state index >= 15 is 0 Å². The van der Waals surface area contributed by atoms with Crippen LogP contribution in [0.25, 0.3) is 0 Å². The number of carboxylic acid groups (broad SMARTS) is 1. The molecule has 0 aliphatic rings. The average molecular weight is 185 g/mol. The Hall–Kier alpha value is -0.830. The molecule has 76 valence electrons. The topological polar surface area (TPSA) is 60.4 Å². The first-order valence-corrected chi connectivity index (χ1v) is 4.46. The van der Waals surface area contributed by atoms with Crippen LogP contribution in [0.5, 0.6) is 0 Å². The second-order valence-electron chi connectivity index (χ2n) is 3.67. The third kappa shape index (κ3) is 5.42. The zero-order valence-corrected chi connectivity index (χ0v) is 8.25. The molecule has 0 saturated heterocycles. The van der Waals surface area contributed by atoms with Crippen LogP contribution < -0.4 is 5.11 Å². The summed E-state index contributed by atoms with van der Waals surface area (Å²) in [4.78, 5) is 10.3. The first-order valence-electron chi connectivity index (χ1n) is 4.46. The predicted molar refractivity (Wildman–Crippen MR) is 48.8 cm³/mol. The maximum atomic E-state index is 10.3. The Morgan fingerprint density at radius 3 is 2.69 bits per heavy atom. The molecule has 0 amide bonds. The van der Waals surface area contributed by atoms with Gasteiger partial charge < -0.3 is 15.0 Å². The molecule has 2 atom stereocenters. The molecular formula is C10H17O3-. The van der Waals surface area contributed by atoms with Crippen LogP contribution in [0.1, 0.15) is 33.1 Å². The van der Waals surface area contributed by atoms with Crippen LogP contribution in [0.2, 0.25) is 0 Å². The van der Waals surface area contributed by atoms with Gasteiger partial charge >= 0.3 is 0 Å². The summed E-state index contributed by atoms with van der Waals surface area (Å²) >= 11 is 0. The van der Waals surface area contributed by atoms with E-state index in [1.807, 2.05) is 0 Å². The fourth-order valence-electron chi connectivity index (χ4n) is 0.986. The monoisotopic (exact) mass is 185 g/mol. The van der Waals surface area contributed by atoms with E-state index in [-0.39, 0.29) is 0 Å². The van der Waals surface area contributed by atoms with Crippen LogP contribution in [-0.2, 0) is 4.79 Å². The largest absolute Gasteiger partial charge is 0.550 e. The number of carboxylic acids is 1. The minimum Gasteiger partial charge on any atom is -0.550 e. The Morgan fingerprint density at radius 2 is 2.31 bits per heavy atom. The third-order valence-corrected chi connectivity index (χ3v) is 2.16. The minimum atomic E-state index is -1.03. The number of rotatable bonds is 6.